The first-order valence-corrected chi connectivity index (χ1v) is 5.80. The Labute approximate surface area is 91.8 Å². The van der Waals surface area contributed by atoms with Crippen LogP contribution in [-0.2, 0) is 9.53 Å². The lowest BCUT2D eigenvalue weighted by Gasteiger charge is -2.19. The minimum absolute atomic E-state index is 0.0820. The maximum Gasteiger partial charge on any atom is 0.233 e. The maximum absolute atomic E-state index is 11.3. The number of nitrogens with one attached hydrogen (secondary N) is 2. The quantitative estimate of drug-likeness (QED) is 0.683. The standard InChI is InChI=1S/C11H22N2O2/c1-3-7-12-11(14)8-13-9-5-4-6-10(9)15-2/h9-10,13H,3-8H2,1-2H3,(H,12,14). The fourth-order valence-corrected chi connectivity index (χ4v) is 1.99. The molecule has 4 nitrogen and oxygen atoms in total. The summed E-state index contributed by atoms with van der Waals surface area (Å²) in [6.07, 6.45) is 4.66. The van der Waals surface area contributed by atoms with Crippen molar-refractivity contribution in [2.24, 2.45) is 0 Å². The van der Waals surface area contributed by atoms with Gasteiger partial charge in [-0.2, -0.15) is 0 Å². The highest BCUT2D eigenvalue weighted by Crippen LogP contribution is 2.21. The van der Waals surface area contributed by atoms with Crippen molar-refractivity contribution in [2.45, 2.75) is 44.8 Å². The summed E-state index contributed by atoms with van der Waals surface area (Å²) in [5.41, 5.74) is 0. The zero-order valence-electron chi connectivity index (χ0n) is 9.71. The second kappa shape index (κ2) is 6.80. The van der Waals surface area contributed by atoms with Crippen molar-refractivity contribution < 1.29 is 9.53 Å². The molecule has 0 radical (unpaired) electrons. The highest BCUT2D eigenvalue weighted by atomic mass is 16.5. The van der Waals surface area contributed by atoms with Gasteiger partial charge in [-0.1, -0.05) is 6.92 Å². The predicted octanol–water partition coefficient (Wildman–Crippen LogP) is 0.670. The SMILES string of the molecule is CCCNC(=O)CNC1CCCC1OC. The van der Waals surface area contributed by atoms with Gasteiger partial charge >= 0.3 is 0 Å². The molecule has 4 heteroatoms. The van der Waals surface area contributed by atoms with Gasteiger partial charge in [0.25, 0.3) is 0 Å². The van der Waals surface area contributed by atoms with Gasteiger partial charge in [-0.15, -0.1) is 0 Å². The highest BCUT2D eigenvalue weighted by molar-refractivity contribution is 5.77. The summed E-state index contributed by atoms with van der Waals surface area (Å²) in [7, 11) is 1.74. The highest BCUT2D eigenvalue weighted by Gasteiger charge is 2.26. The molecule has 1 rings (SSSR count). The van der Waals surface area contributed by atoms with E-state index in [1.54, 1.807) is 7.11 Å². The first-order chi connectivity index (χ1) is 7.27. The first kappa shape index (κ1) is 12.5. The second-order valence-corrected chi connectivity index (χ2v) is 4.04. The normalized spacial score (nSPS) is 25.5. The average molecular weight is 214 g/mol. The molecule has 2 atom stereocenters. The smallest absolute Gasteiger partial charge is 0.233 e. The van der Waals surface area contributed by atoms with Crippen LogP contribution in [0.2, 0.25) is 0 Å². The van der Waals surface area contributed by atoms with E-state index >= 15 is 0 Å². The summed E-state index contributed by atoms with van der Waals surface area (Å²) in [6, 6.07) is 0.349. The number of carbonyl (C=O) groups excluding carboxylic acids is 1. The van der Waals surface area contributed by atoms with E-state index in [4.69, 9.17) is 4.74 Å². The van der Waals surface area contributed by atoms with Crippen LogP contribution in [0.25, 0.3) is 0 Å². The van der Waals surface area contributed by atoms with E-state index in [9.17, 15) is 4.79 Å². The second-order valence-electron chi connectivity index (χ2n) is 4.04. The van der Waals surface area contributed by atoms with Crippen molar-refractivity contribution >= 4 is 5.91 Å². The molecular weight excluding hydrogens is 192 g/mol. The van der Waals surface area contributed by atoms with Crippen LogP contribution in [-0.4, -0.2) is 38.3 Å². The Morgan fingerprint density at radius 1 is 1.47 bits per heavy atom. The third-order valence-electron chi connectivity index (χ3n) is 2.85. The zero-order valence-corrected chi connectivity index (χ0v) is 9.71. The summed E-state index contributed by atoms with van der Waals surface area (Å²) in [5, 5.41) is 6.10. The molecule has 0 bridgehead atoms. The number of hydrogen-bond donors (Lipinski definition) is 2. The minimum atomic E-state index is 0.0820. The molecule has 1 saturated carbocycles. The maximum atomic E-state index is 11.3. The van der Waals surface area contributed by atoms with E-state index in [0.717, 1.165) is 25.8 Å². The van der Waals surface area contributed by atoms with Crippen molar-refractivity contribution in [1.29, 1.82) is 0 Å². The van der Waals surface area contributed by atoms with Gasteiger partial charge in [0.2, 0.25) is 5.91 Å². The van der Waals surface area contributed by atoms with Gasteiger partial charge in [0, 0.05) is 19.7 Å². The van der Waals surface area contributed by atoms with E-state index < -0.39 is 0 Å². The molecule has 0 aromatic carbocycles. The van der Waals surface area contributed by atoms with Gasteiger partial charge in [0.15, 0.2) is 0 Å². The van der Waals surface area contributed by atoms with Gasteiger partial charge in [0.05, 0.1) is 12.6 Å². The molecule has 2 unspecified atom stereocenters. The van der Waals surface area contributed by atoms with Crippen LogP contribution < -0.4 is 10.6 Å². The molecule has 1 aliphatic rings. The van der Waals surface area contributed by atoms with E-state index in [-0.39, 0.29) is 12.0 Å². The lowest BCUT2D eigenvalue weighted by atomic mass is 10.2. The van der Waals surface area contributed by atoms with Crippen LogP contribution >= 0.6 is 0 Å². The molecule has 0 heterocycles. The Balaban J connectivity index is 2.15. The monoisotopic (exact) mass is 214 g/mol. The van der Waals surface area contributed by atoms with Crippen LogP contribution in [0.3, 0.4) is 0 Å². The van der Waals surface area contributed by atoms with E-state index in [2.05, 4.69) is 10.6 Å². The first-order valence-electron chi connectivity index (χ1n) is 5.80. The largest absolute Gasteiger partial charge is 0.380 e. The Bertz CT molecular complexity index is 197. The van der Waals surface area contributed by atoms with Crippen LogP contribution in [0.5, 0.6) is 0 Å². The van der Waals surface area contributed by atoms with Crippen LogP contribution in [0.4, 0.5) is 0 Å². The number of methoxy groups -OCH3 is 1. The van der Waals surface area contributed by atoms with E-state index in [1.165, 1.54) is 6.42 Å². The van der Waals surface area contributed by atoms with Gasteiger partial charge in [-0.25, -0.2) is 0 Å². The summed E-state index contributed by atoms with van der Waals surface area (Å²) >= 11 is 0. The summed E-state index contributed by atoms with van der Waals surface area (Å²) in [4.78, 5) is 11.3. The van der Waals surface area contributed by atoms with Crippen molar-refractivity contribution in [3.63, 3.8) is 0 Å². The number of hydrogen-bond acceptors (Lipinski definition) is 3. The molecule has 88 valence electrons. The number of amides is 1. The molecule has 0 saturated heterocycles. The Kier molecular flexibility index (Phi) is 5.65. The van der Waals surface area contributed by atoms with Gasteiger partial charge < -0.3 is 15.4 Å². The average Bonchev–Trinajstić information content (AvgIpc) is 2.70. The molecule has 1 amide bonds. The summed E-state index contributed by atoms with van der Waals surface area (Å²) in [5.74, 6) is 0.0820. The van der Waals surface area contributed by atoms with E-state index in [0.29, 0.717) is 12.6 Å². The van der Waals surface area contributed by atoms with Crippen molar-refractivity contribution in [3.8, 4) is 0 Å². The molecule has 15 heavy (non-hydrogen) atoms. The zero-order chi connectivity index (χ0) is 11.1. The summed E-state index contributed by atoms with van der Waals surface area (Å²) in [6.45, 7) is 3.22. The number of ether oxygens (including phenoxy) is 1. The Hall–Kier alpha value is -0.610. The topological polar surface area (TPSA) is 50.4 Å². The van der Waals surface area contributed by atoms with Gasteiger partial charge in [0.1, 0.15) is 0 Å². The molecule has 1 fully saturated rings. The van der Waals surface area contributed by atoms with Crippen molar-refractivity contribution in [1.82, 2.24) is 10.6 Å². The third-order valence-corrected chi connectivity index (χ3v) is 2.85. The predicted molar refractivity (Wildman–Crippen MR) is 59.7 cm³/mol. The van der Waals surface area contributed by atoms with Crippen LogP contribution in [0.15, 0.2) is 0 Å². The molecular formula is C11H22N2O2. The number of carbonyl (C=O) groups is 1. The molecule has 0 aromatic rings. The van der Waals surface area contributed by atoms with Gasteiger partial charge in [-0.05, 0) is 25.7 Å². The number of rotatable bonds is 6. The molecule has 0 spiro atoms. The fraction of sp³-hybridized carbons (Fsp3) is 0.909. The molecule has 0 aromatic heterocycles. The lowest BCUT2D eigenvalue weighted by molar-refractivity contribution is -0.120. The van der Waals surface area contributed by atoms with Gasteiger partial charge in [-0.3, -0.25) is 4.79 Å². The lowest BCUT2D eigenvalue weighted by Crippen LogP contribution is -2.43. The molecule has 0 aliphatic heterocycles. The van der Waals surface area contributed by atoms with Crippen LogP contribution in [0.1, 0.15) is 32.6 Å². The Morgan fingerprint density at radius 2 is 2.27 bits per heavy atom. The fourth-order valence-electron chi connectivity index (χ4n) is 1.99. The van der Waals surface area contributed by atoms with Crippen LogP contribution in [0, 0.1) is 0 Å². The third kappa shape index (κ3) is 4.18. The van der Waals surface area contributed by atoms with Crippen molar-refractivity contribution in [3.05, 3.63) is 0 Å². The summed E-state index contributed by atoms with van der Waals surface area (Å²) < 4.78 is 5.34. The molecule has 1 aliphatic carbocycles. The minimum Gasteiger partial charge on any atom is -0.380 e. The van der Waals surface area contributed by atoms with E-state index in [1.807, 2.05) is 6.92 Å². The molecule has 2 N–H and O–H groups in total. The van der Waals surface area contributed by atoms with Crippen molar-refractivity contribution in [2.75, 3.05) is 20.2 Å². The Morgan fingerprint density at radius 3 is 2.93 bits per heavy atom.